The highest BCUT2D eigenvalue weighted by Gasteiger charge is 2.11. The third-order valence-corrected chi connectivity index (χ3v) is 3.75. The molecule has 0 aliphatic carbocycles. The zero-order valence-corrected chi connectivity index (χ0v) is 13.2. The number of aromatic carboxylic acids is 1. The first-order valence-corrected chi connectivity index (χ1v) is 7.51. The van der Waals surface area contributed by atoms with E-state index in [2.05, 4.69) is 20.3 Å². The number of hydrogen-bond acceptors (Lipinski definition) is 4. The molecule has 3 aromatic rings. The van der Waals surface area contributed by atoms with Crippen molar-refractivity contribution in [3.05, 3.63) is 58.8 Å². The number of carboxylic acid groups (broad SMARTS) is 1. The minimum atomic E-state index is -1.19. The molecule has 0 atom stereocenters. The normalized spacial score (nSPS) is 10.7. The number of nitrogens with zero attached hydrogens (tertiary/aromatic N) is 2. The van der Waals surface area contributed by atoms with E-state index in [1.165, 1.54) is 0 Å². The molecule has 3 N–H and O–H groups in total. The molecule has 0 spiro atoms. The van der Waals surface area contributed by atoms with Crippen molar-refractivity contribution in [3.63, 3.8) is 0 Å². The van der Waals surface area contributed by atoms with E-state index in [1.807, 2.05) is 24.4 Å². The summed E-state index contributed by atoms with van der Waals surface area (Å²) in [6.07, 6.45) is 4.70. The second kappa shape index (κ2) is 6.67. The highest BCUT2D eigenvalue weighted by Crippen LogP contribution is 2.22. The maximum atomic E-state index is 12.0. The van der Waals surface area contributed by atoms with Gasteiger partial charge in [0, 0.05) is 28.7 Å². The Morgan fingerprint density at radius 2 is 1.96 bits per heavy atom. The summed E-state index contributed by atoms with van der Waals surface area (Å²) in [7, 11) is 0. The van der Waals surface area contributed by atoms with Crippen LogP contribution >= 0.6 is 11.6 Å². The number of carboxylic acids is 1. The molecule has 2 aromatic heterocycles. The van der Waals surface area contributed by atoms with E-state index in [9.17, 15) is 9.59 Å². The number of H-pyrrole nitrogens is 1. The van der Waals surface area contributed by atoms with Crippen LogP contribution in [0.2, 0.25) is 5.02 Å². The van der Waals surface area contributed by atoms with Crippen LogP contribution in [-0.4, -0.2) is 38.5 Å². The number of carbonyl (C=O) groups excluding carboxylic acids is 1. The number of aromatic amines is 1. The third-order valence-electron chi connectivity index (χ3n) is 3.51. The Bertz CT molecular complexity index is 905. The van der Waals surface area contributed by atoms with Crippen LogP contribution in [0.3, 0.4) is 0 Å². The summed E-state index contributed by atoms with van der Waals surface area (Å²) in [4.78, 5) is 33.3. The minimum absolute atomic E-state index is 0.0713. The molecule has 0 unspecified atom stereocenters. The van der Waals surface area contributed by atoms with Crippen molar-refractivity contribution >= 4 is 34.4 Å². The van der Waals surface area contributed by atoms with E-state index in [4.69, 9.17) is 16.7 Å². The van der Waals surface area contributed by atoms with E-state index >= 15 is 0 Å². The van der Waals surface area contributed by atoms with Crippen LogP contribution in [0.5, 0.6) is 0 Å². The van der Waals surface area contributed by atoms with Crippen LogP contribution in [-0.2, 0) is 6.42 Å². The lowest BCUT2D eigenvalue weighted by molar-refractivity contribution is 0.0689. The van der Waals surface area contributed by atoms with Crippen molar-refractivity contribution in [2.24, 2.45) is 0 Å². The van der Waals surface area contributed by atoms with Gasteiger partial charge in [0.25, 0.3) is 5.91 Å². The second-order valence-corrected chi connectivity index (χ2v) is 5.54. The van der Waals surface area contributed by atoms with Gasteiger partial charge in [0.2, 0.25) is 0 Å². The third kappa shape index (κ3) is 3.36. The van der Waals surface area contributed by atoms with Crippen molar-refractivity contribution in [2.75, 3.05) is 6.54 Å². The van der Waals surface area contributed by atoms with Gasteiger partial charge in [-0.3, -0.25) is 4.79 Å². The Kier molecular flexibility index (Phi) is 4.43. The highest BCUT2D eigenvalue weighted by molar-refractivity contribution is 6.31. The summed E-state index contributed by atoms with van der Waals surface area (Å²) in [5, 5.41) is 13.2. The van der Waals surface area contributed by atoms with E-state index in [-0.39, 0.29) is 11.4 Å². The fourth-order valence-corrected chi connectivity index (χ4v) is 2.49. The van der Waals surface area contributed by atoms with E-state index < -0.39 is 11.9 Å². The van der Waals surface area contributed by atoms with Gasteiger partial charge in [0.15, 0.2) is 5.69 Å². The summed E-state index contributed by atoms with van der Waals surface area (Å²) in [5.41, 5.74) is 1.89. The number of hydrogen-bond donors (Lipinski definition) is 3. The monoisotopic (exact) mass is 344 g/mol. The molecule has 0 fully saturated rings. The molecule has 3 rings (SSSR count). The van der Waals surface area contributed by atoms with Crippen LogP contribution in [0.4, 0.5) is 0 Å². The number of halogens is 1. The summed E-state index contributed by atoms with van der Waals surface area (Å²) in [5.74, 6) is -1.59. The average molecular weight is 345 g/mol. The number of carbonyl (C=O) groups is 2. The molecule has 0 radical (unpaired) electrons. The van der Waals surface area contributed by atoms with Crippen molar-refractivity contribution in [2.45, 2.75) is 6.42 Å². The van der Waals surface area contributed by atoms with Crippen LogP contribution < -0.4 is 5.32 Å². The van der Waals surface area contributed by atoms with Gasteiger partial charge in [-0.2, -0.15) is 0 Å². The van der Waals surface area contributed by atoms with Gasteiger partial charge in [0.05, 0.1) is 12.4 Å². The van der Waals surface area contributed by atoms with Crippen LogP contribution in [0.25, 0.3) is 10.9 Å². The predicted octanol–water partition coefficient (Wildman–Crippen LogP) is 2.28. The number of fused-ring (bicyclic) bond motifs is 1. The smallest absolute Gasteiger partial charge is 0.356 e. The molecule has 7 nitrogen and oxygen atoms in total. The summed E-state index contributed by atoms with van der Waals surface area (Å²) >= 11 is 6.01. The van der Waals surface area contributed by atoms with E-state index in [1.54, 1.807) is 0 Å². The molecule has 0 saturated heterocycles. The molecule has 0 aliphatic rings. The standard InChI is InChI=1S/C16H13ClN4O3/c17-10-1-2-12-11(5-10)9(6-19-12)3-4-18-15(22)13-7-21-14(8-20-13)16(23)24/h1-2,5-8,19H,3-4H2,(H,18,22)(H,23,24). The Labute approximate surface area is 141 Å². The lowest BCUT2D eigenvalue weighted by Gasteiger charge is -2.04. The average Bonchev–Trinajstić information content (AvgIpc) is 2.97. The predicted molar refractivity (Wildman–Crippen MR) is 88.3 cm³/mol. The van der Waals surface area contributed by atoms with Crippen molar-refractivity contribution < 1.29 is 14.7 Å². The zero-order valence-electron chi connectivity index (χ0n) is 12.4. The lowest BCUT2D eigenvalue weighted by atomic mass is 10.1. The number of aromatic nitrogens is 3. The molecule has 2 heterocycles. The Morgan fingerprint density at radius 3 is 2.67 bits per heavy atom. The van der Waals surface area contributed by atoms with Crippen molar-refractivity contribution in [1.82, 2.24) is 20.3 Å². The molecule has 1 aromatic carbocycles. The van der Waals surface area contributed by atoms with Gasteiger partial charge in [-0.15, -0.1) is 0 Å². The first kappa shape index (κ1) is 15.9. The van der Waals surface area contributed by atoms with Crippen molar-refractivity contribution in [3.8, 4) is 0 Å². The number of rotatable bonds is 5. The summed E-state index contributed by atoms with van der Waals surface area (Å²) < 4.78 is 0. The molecule has 0 aliphatic heterocycles. The van der Waals surface area contributed by atoms with Gasteiger partial charge in [-0.1, -0.05) is 11.6 Å². The molecule has 8 heteroatoms. The van der Waals surface area contributed by atoms with Gasteiger partial charge >= 0.3 is 5.97 Å². The maximum Gasteiger partial charge on any atom is 0.356 e. The Balaban J connectivity index is 1.62. The maximum absolute atomic E-state index is 12.0. The SMILES string of the molecule is O=C(O)c1cnc(C(=O)NCCc2c[nH]c3ccc(Cl)cc23)cn1. The molecular weight excluding hydrogens is 332 g/mol. The molecular formula is C16H13ClN4O3. The van der Waals surface area contributed by atoms with Crippen LogP contribution in [0, 0.1) is 0 Å². The van der Waals surface area contributed by atoms with Gasteiger partial charge in [-0.05, 0) is 30.2 Å². The molecule has 0 saturated carbocycles. The Hall–Kier alpha value is -2.93. The molecule has 122 valence electrons. The summed E-state index contributed by atoms with van der Waals surface area (Å²) in [6, 6.07) is 5.59. The lowest BCUT2D eigenvalue weighted by Crippen LogP contribution is -2.26. The first-order valence-electron chi connectivity index (χ1n) is 7.13. The molecule has 1 amide bonds. The van der Waals surface area contributed by atoms with Gasteiger partial charge in [-0.25, -0.2) is 14.8 Å². The van der Waals surface area contributed by atoms with Crippen molar-refractivity contribution in [1.29, 1.82) is 0 Å². The number of nitrogens with one attached hydrogen (secondary N) is 2. The van der Waals surface area contributed by atoms with Crippen LogP contribution in [0.1, 0.15) is 26.5 Å². The molecule has 0 bridgehead atoms. The number of amides is 1. The largest absolute Gasteiger partial charge is 0.476 e. The highest BCUT2D eigenvalue weighted by atomic mass is 35.5. The van der Waals surface area contributed by atoms with Gasteiger partial charge in [0.1, 0.15) is 5.69 Å². The topological polar surface area (TPSA) is 108 Å². The zero-order chi connectivity index (χ0) is 17.1. The fraction of sp³-hybridized carbons (Fsp3) is 0.125. The second-order valence-electron chi connectivity index (χ2n) is 5.10. The quantitative estimate of drug-likeness (QED) is 0.658. The van der Waals surface area contributed by atoms with Crippen LogP contribution in [0.15, 0.2) is 36.8 Å². The number of benzene rings is 1. The van der Waals surface area contributed by atoms with E-state index in [0.29, 0.717) is 18.0 Å². The Morgan fingerprint density at radius 1 is 1.21 bits per heavy atom. The minimum Gasteiger partial charge on any atom is -0.476 e. The fourth-order valence-electron chi connectivity index (χ4n) is 2.31. The first-order chi connectivity index (χ1) is 11.5. The molecule has 24 heavy (non-hydrogen) atoms. The summed E-state index contributed by atoms with van der Waals surface area (Å²) in [6.45, 7) is 0.403. The van der Waals surface area contributed by atoms with E-state index in [0.717, 1.165) is 28.9 Å². The van der Waals surface area contributed by atoms with Gasteiger partial charge < -0.3 is 15.4 Å².